The largest absolute Gasteiger partial charge is 0.462 e. The normalized spacial score (nSPS) is 16.7. The first kappa shape index (κ1) is 13.3. The van der Waals surface area contributed by atoms with Gasteiger partial charge in [-0.25, -0.2) is 4.98 Å². The van der Waals surface area contributed by atoms with Gasteiger partial charge in [0.05, 0.1) is 18.4 Å². The van der Waals surface area contributed by atoms with E-state index in [0.29, 0.717) is 16.5 Å². The van der Waals surface area contributed by atoms with Crippen LogP contribution in [0.5, 0.6) is 0 Å². The number of carbonyl (C=O) groups excluding carboxylic acids is 1. The van der Waals surface area contributed by atoms with Gasteiger partial charge in [0.2, 0.25) is 0 Å². The molecule has 0 spiro atoms. The van der Waals surface area contributed by atoms with Crippen LogP contribution in [0, 0.1) is 6.92 Å². The van der Waals surface area contributed by atoms with Crippen LogP contribution in [0.3, 0.4) is 0 Å². The van der Waals surface area contributed by atoms with Crippen LogP contribution in [0.25, 0.3) is 10.8 Å². The molecule has 1 amide bonds. The summed E-state index contributed by atoms with van der Waals surface area (Å²) in [5.74, 6) is 0.447. The fraction of sp³-hybridized carbons (Fsp3) is 0.429. The number of aliphatic hydroxyl groups is 1. The third-order valence-electron chi connectivity index (χ3n) is 3.74. The van der Waals surface area contributed by atoms with E-state index in [-0.39, 0.29) is 12.5 Å². The topological polar surface area (TPSA) is 75.4 Å². The van der Waals surface area contributed by atoms with Crippen LogP contribution in [-0.2, 0) is 0 Å². The van der Waals surface area contributed by atoms with Gasteiger partial charge in [0.15, 0.2) is 10.8 Å². The highest BCUT2D eigenvalue weighted by Crippen LogP contribution is 2.32. The number of carbonyl (C=O) groups is 1. The van der Waals surface area contributed by atoms with Gasteiger partial charge in [-0.05, 0) is 38.3 Å². The van der Waals surface area contributed by atoms with Crippen LogP contribution in [-0.4, -0.2) is 28.1 Å². The van der Waals surface area contributed by atoms with Crippen molar-refractivity contribution < 1.29 is 14.3 Å². The van der Waals surface area contributed by atoms with Gasteiger partial charge in [-0.2, -0.15) is 0 Å². The molecule has 1 saturated carbocycles. The van der Waals surface area contributed by atoms with Crippen molar-refractivity contribution in [2.24, 2.45) is 0 Å². The third kappa shape index (κ3) is 2.25. The number of nitrogens with one attached hydrogen (secondary N) is 1. The van der Waals surface area contributed by atoms with Gasteiger partial charge in [0.1, 0.15) is 5.69 Å². The van der Waals surface area contributed by atoms with Crippen molar-refractivity contribution in [2.75, 3.05) is 6.61 Å². The molecule has 106 valence electrons. The molecule has 0 aliphatic heterocycles. The Morgan fingerprint density at radius 3 is 2.95 bits per heavy atom. The van der Waals surface area contributed by atoms with Gasteiger partial charge < -0.3 is 14.8 Å². The fourth-order valence-corrected chi connectivity index (χ4v) is 3.22. The summed E-state index contributed by atoms with van der Waals surface area (Å²) < 4.78 is 5.30. The van der Waals surface area contributed by atoms with Crippen LogP contribution < -0.4 is 5.32 Å². The van der Waals surface area contributed by atoms with Crippen LogP contribution in [0.2, 0.25) is 0 Å². The van der Waals surface area contributed by atoms with E-state index in [2.05, 4.69) is 10.3 Å². The molecule has 6 heteroatoms. The lowest BCUT2D eigenvalue weighted by molar-refractivity contribution is 0.0637. The van der Waals surface area contributed by atoms with Gasteiger partial charge in [0.25, 0.3) is 5.91 Å². The lowest BCUT2D eigenvalue weighted by atomic mass is 9.77. The first-order valence-corrected chi connectivity index (χ1v) is 7.40. The molecular formula is C14H16N2O3S. The molecule has 20 heavy (non-hydrogen) atoms. The lowest BCUT2D eigenvalue weighted by Gasteiger charge is -2.40. The smallest absolute Gasteiger partial charge is 0.271 e. The number of amides is 1. The van der Waals surface area contributed by atoms with E-state index < -0.39 is 5.54 Å². The predicted molar refractivity (Wildman–Crippen MR) is 75.7 cm³/mol. The van der Waals surface area contributed by atoms with E-state index in [1.54, 1.807) is 12.3 Å². The molecule has 0 atom stereocenters. The SMILES string of the molecule is Cc1sc(-c2ccco2)nc1C(=O)NC1(CO)CCC1. The summed E-state index contributed by atoms with van der Waals surface area (Å²) in [6.07, 6.45) is 4.27. The molecule has 0 bridgehead atoms. The molecule has 5 nitrogen and oxygen atoms in total. The molecule has 3 rings (SSSR count). The average molecular weight is 292 g/mol. The standard InChI is InChI=1S/C14H16N2O3S/c1-9-11(12(18)16-14(8-17)5-3-6-14)15-13(20-9)10-4-2-7-19-10/h2,4,7,17H,3,5-6,8H2,1H3,(H,16,18). The van der Waals surface area contributed by atoms with Gasteiger partial charge in [-0.15, -0.1) is 11.3 Å². The van der Waals surface area contributed by atoms with Crippen LogP contribution in [0.1, 0.15) is 34.6 Å². The lowest BCUT2D eigenvalue weighted by Crippen LogP contribution is -2.56. The van der Waals surface area contributed by atoms with Crippen molar-refractivity contribution in [1.82, 2.24) is 10.3 Å². The summed E-state index contributed by atoms with van der Waals surface area (Å²) >= 11 is 1.43. The Balaban J connectivity index is 1.81. The minimum Gasteiger partial charge on any atom is -0.462 e. The Morgan fingerprint density at radius 1 is 1.60 bits per heavy atom. The molecular weight excluding hydrogens is 276 g/mol. The molecule has 1 aliphatic rings. The number of nitrogens with zero attached hydrogens (tertiary/aromatic N) is 1. The number of rotatable bonds is 4. The Kier molecular flexibility index (Phi) is 3.35. The molecule has 2 aromatic rings. The summed E-state index contributed by atoms with van der Waals surface area (Å²) in [6.45, 7) is 1.85. The molecule has 2 heterocycles. The molecule has 2 aromatic heterocycles. The maximum Gasteiger partial charge on any atom is 0.271 e. The van der Waals surface area contributed by atoms with Crippen molar-refractivity contribution in [2.45, 2.75) is 31.7 Å². The Bertz CT molecular complexity index is 609. The van der Waals surface area contributed by atoms with Crippen molar-refractivity contribution in [3.05, 3.63) is 29.0 Å². The average Bonchev–Trinajstić information content (AvgIpc) is 3.02. The molecule has 2 N–H and O–H groups in total. The number of hydrogen-bond acceptors (Lipinski definition) is 5. The summed E-state index contributed by atoms with van der Waals surface area (Å²) in [4.78, 5) is 17.5. The molecule has 1 aliphatic carbocycles. The number of furan rings is 1. The van der Waals surface area contributed by atoms with Crippen LogP contribution in [0.4, 0.5) is 0 Å². The summed E-state index contributed by atoms with van der Waals surface area (Å²) in [6, 6.07) is 3.61. The van der Waals surface area contributed by atoms with E-state index in [0.717, 1.165) is 24.1 Å². The summed E-state index contributed by atoms with van der Waals surface area (Å²) in [5.41, 5.74) is -0.0287. The second-order valence-electron chi connectivity index (χ2n) is 5.15. The maximum atomic E-state index is 12.3. The zero-order valence-electron chi connectivity index (χ0n) is 11.2. The second kappa shape index (κ2) is 5.03. The number of aryl methyl sites for hydroxylation is 1. The van der Waals surface area contributed by atoms with Gasteiger partial charge >= 0.3 is 0 Å². The Labute approximate surface area is 120 Å². The maximum absolute atomic E-state index is 12.3. The molecule has 0 saturated heterocycles. The first-order chi connectivity index (χ1) is 9.63. The Hall–Kier alpha value is -1.66. The van der Waals surface area contributed by atoms with Crippen LogP contribution >= 0.6 is 11.3 Å². The van der Waals surface area contributed by atoms with E-state index >= 15 is 0 Å². The monoisotopic (exact) mass is 292 g/mol. The number of thiazole rings is 1. The van der Waals surface area contributed by atoms with Crippen molar-refractivity contribution in [3.63, 3.8) is 0 Å². The fourth-order valence-electron chi connectivity index (χ4n) is 2.34. The van der Waals surface area contributed by atoms with Gasteiger partial charge in [-0.3, -0.25) is 4.79 Å². The van der Waals surface area contributed by atoms with Crippen molar-refractivity contribution in [3.8, 4) is 10.8 Å². The van der Waals surface area contributed by atoms with Crippen molar-refractivity contribution >= 4 is 17.2 Å². The number of aromatic nitrogens is 1. The third-order valence-corrected chi connectivity index (χ3v) is 4.72. The highest BCUT2D eigenvalue weighted by molar-refractivity contribution is 7.15. The molecule has 0 unspecified atom stereocenters. The highest BCUT2D eigenvalue weighted by atomic mass is 32.1. The summed E-state index contributed by atoms with van der Waals surface area (Å²) in [5, 5.41) is 13.0. The van der Waals surface area contributed by atoms with Crippen molar-refractivity contribution in [1.29, 1.82) is 0 Å². The molecule has 0 radical (unpaired) electrons. The predicted octanol–water partition coefficient (Wildman–Crippen LogP) is 2.36. The first-order valence-electron chi connectivity index (χ1n) is 6.58. The Morgan fingerprint density at radius 2 is 2.40 bits per heavy atom. The molecule has 1 fully saturated rings. The minimum absolute atomic E-state index is 0.0209. The van der Waals surface area contributed by atoms with Gasteiger partial charge in [0, 0.05) is 4.88 Å². The second-order valence-corrected chi connectivity index (χ2v) is 6.35. The zero-order valence-corrected chi connectivity index (χ0v) is 12.0. The number of aliphatic hydroxyl groups excluding tert-OH is 1. The number of hydrogen-bond donors (Lipinski definition) is 2. The van der Waals surface area contributed by atoms with E-state index in [1.807, 2.05) is 13.0 Å². The van der Waals surface area contributed by atoms with Crippen LogP contribution in [0.15, 0.2) is 22.8 Å². The van der Waals surface area contributed by atoms with Gasteiger partial charge in [-0.1, -0.05) is 0 Å². The zero-order chi connectivity index (χ0) is 14.2. The van der Waals surface area contributed by atoms with E-state index in [1.165, 1.54) is 11.3 Å². The van der Waals surface area contributed by atoms with E-state index in [9.17, 15) is 9.90 Å². The minimum atomic E-state index is -0.446. The quantitative estimate of drug-likeness (QED) is 0.907. The van der Waals surface area contributed by atoms with E-state index in [4.69, 9.17) is 4.42 Å². The highest BCUT2D eigenvalue weighted by Gasteiger charge is 2.38. The molecule has 0 aromatic carbocycles. The summed E-state index contributed by atoms with van der Waals surface area (Å²) in [7, 11) is 0.